The van der Waals surface area contributed by atoms with Gasteiger partial charge in [0.25, 0.3) is 0 Å². The Morgan fingerprint density at radius 2 is 2.29 bits per heavy atom. The standard InChI is InChI=1S/C10H12N4/c1-8(11)9-6-13-14(7-9)10-4-2-3-5-12-10/h2-8H,11H2,1H3. The Morgan fingerprint density at radius 3 is 2.86 bits per heavy atom. The van der Waals surface area contributed by atoms with Crippen molar-refractivity contribution in [3.05, 3.63) is 42.4 Å². The lowest BCUT2D eigenvalue weighted by atomic mass is 10.2. The molecule has 1 atom stereocenters. The molecule has 0 aromatic carbocycles. The summed E-state index contributed by atoms with van der Waals surface area (Å²) in [5.74, 6) is 0.805. The molecule has 0 saturated heterocycles. The van der Waals surface area contributed by atoms with Crippen LogP contribution in [0.1, 0.15) is 18.5 Å². The van der Waals surface area contributed by atoms with Gasteiger partial charge in [-0.05, 0) is 19.1 Å². The molecule has 0 spiro atoms. The Hall–Kier alpha value is -1.68. The van der Waals surface area contributed by atoms with Crippen LogP contribution in [0.25, 0.3) is 5.82 Å². The quantitative estimate of drug-likeness (QED) is 0.772. The van der Waals surface area contributed by atoms with E-state index in [-0.39, 0.29) is 6.04 Å². The maximum Gasteiger partial charge on any atom is 0.153 e. The predicted octanol–water partition coefficient (Wildman–Crippen LogP) is 1.29. The van der Waals surface area contributed by atoms with E-state index in [1.807, 2.05) is 31.3 Å². The normalized spacial score (nSPS) is 12.7. The fourth-order valence-electron chi connectivity index (χ4n) is 1.19. The highest BCUT2D eigenvalue weighted by Gasteiger charge is 2.04. The van der Waals surface area contributed by atoms with Crippen LogP contribution >= 0.6 is 0 Å². The zero-order valence-electron chi connectivity index (χ0n) is 7.96. The Bertz CT molecular complexity index is 405. The van der Waals surface area contributed by atoms with Crippen LogP contribution in [0.5, 0.6) is 0 Å². The summed E-state index contributed by atoms with van der Waals surface area (Å²) in [6.45, 7) is 1.93. The van der Waals surface area contributed by atoms with Crippen molar-refractivity contribution in [2.75, 3.05) is 0 Å². The monoisotopic (exact) mass is 188 g/mol. The average molecular weight is 188 g/mol. The Kier molecular flexibility index (Phi) is 2.28. The van der Waals surface area contributed by atoms with E-state index in [4.69, 9.17) is 5.73 Å². The summed E-state index contributed by atoms with van der Waals surface area (Å²) in [7, 11) is 0. The summed E-state index contributed by atoms with van der Waals surface area (Å²) in [6.07, 6.45) is 5.40. The maximum atomic E-state index is 5.73. The lowest BCUT2D eigenvalue weighted by molar-refractivity contribution is 0.813. The lowest BCUT2D eigenvalue weighted by Crippen LogP contribution is -2.03. The van der Waals surface area contributed by atoms with Crippen LogP contribution in [0, 0.1) is 0 Å². The number of nitrogens with zero attached hydrogens (tertiary/aromatic N) is 3. The van der Waals surface area contributed by atoms with Gasteiger partial charge in [-0.3, -0.25) is 0 Å². The Morgan fingerprint density at radius 1 is 1.43 bits per heavy atom. The molecule has 0 radical (unpaired) electrons. The van der Waals surface area contributed by atoms with Crippen LogP contribution in [0.2, 0.25) is 0 Å². The van der Waals surface area contributed by atoms with Gasteiger partial charge < -0.3 is 5.73 Å². The molecule has 2 rings (SSSR count). The van der Waals surface area contributed by atoms with Crippen LogP contribution in [0.15, 0.2) is 36.8 Å². The number of pyridine rings is 1. The number of aromatic nitrogens is 3. The fraction of sp³-hybridized carbons (Fsp3) is 0.200. The van der Waals surface area contributed by atoms with Gasteiger partial charge in [-0.25, -0.2) is 9.67 Å². The molecule has 4 heteroatoms. The van der Waals surface area contributed by atoms with Gasteiger partial charge in [-0.2, -0.15) is 5.10 Å². The SMILES string of the molecule is CC(N)c1cnn(-c2ccccn2)c1. The molecule has 0 aliphatic rings. The van der Waals surface area contributed by atoms with E-state index in [1.54, 1.807) is 17.1 Å². The Labute approximate surface area is 82.4 Å². The first-order valence-electron chi connectivity index (χ1n) is 4.49. The van der Waals surface area contributed by atoms with Crippen molar-refractivity contribution in [2.45, 2.75) is 13.0 Å². The topological polar surface area (TPSA) is 56.7 Å². The average Bonchev–Trinajstić information content (AvgIpc) is 2.68. The first-order valence-corrected chi connectivity index (χ1v) is 4.49. The van der Waals surface area contributed by atoms with Gasteiger partial charge in [0, 0.05) is 24.0 Å². The van der Waals surface area contributed by atoms with Crippen molar-refractivity contribution in [1.29, 1.82) is 0 Å². The summed E-state index contributed by atoms with van der Waals surface area (Å²) < 4.78 is 1.72. The van der Waals surface area contributed by atoms with Gasteiger partial charge in [0.05, 0.1) is 6.20 Å². The van der Waals surface area contributed by atoms with Crippen LogP contribution in [0.3, 0.4) is 0 Å². The molecule has 1 unspecified atom stereocenters. The van der Waals surface area contributed by atoms with E-state index in [0.717, 1.165) is 11.4 Å². The van der Waals surface area contributed by atoms with E-state index in [9.17, 15) is 0 Å². The van der Waals surface area contributed by atoms with Crippen LogP contribution in [-0.2, 0) is 0 Å². The highest BCUT2D eigenvalue weighted by molar-refractivity contribution is 5.22. The van der Waals surface area contributed by atoms with Gasteiger partial charge in [-0.15, -0.1) is 0 Å². The second-order valence-corrected chi connectivity index (χ2v) is 3.19. The summed E-state index contributed by atoms with van der Waals surface area (Å²) in [4.78, 5) is 4.18. The first kappa shape index (κ1) is 8.90. The van der Waals surface area contributed by atoms with Crippen LogP contribution < -0.4 is 5.73 Å². The molecule has 0 aliphatic heterocycles. The molecule has 0 fully saturated rings. The van der Waals surface area contributed by atoms with Crippen LogP contribution in [-0.4, -0.2) is 14.8 Å². The van der Waals surface area contributed by atoms with E-state index < -0.39 is 0 Å². The number of hydrogen-bond donors (Lipinski definition) is 1. The number of rotatable bonds is 2. The molecule has 0 bridgehead atoms. The zero-order valence-corrected chi connectivity index (χ0v) is 7.96. The second kappa shape index (κ2) is 3.59. The second-order valence-electron chi connectivity index (χ2n) is 3.19. The molecule has 0 aliphatic carbocycles. The minimum Gasteiger partial charge on any atom is -0.324 e. The summed E-state index contributed by atoms with van der Waals surface area (Å²) in [5.41, 5.74) is 6.74. The first-order chi connectivity index (χ1) is 6.77. The summed E-state index contributed by atoms with van der Waals surface area (Å²) in [5, 5.41) is 4.18. The Balaban J connectivity index is 2.34. The third kappa shape index (κ3) is 1.65. The molecule has 0 amide bonds. The van der Waals surface area contributed by atoms with Gasteiger partial charge in [0.2, 0.25) is 0 Å². The van der Waals surface area contributed by atoms with E-state index in [1.165, 1.54) is 0 Å². The molecule has 72 valence electrons. The molecule has 2 N–H and O–H groups in total. The van der Waals surface area contributed by atoms with Crippen molar-refractivity contribution >= 4 is 0 Å². The molecule has 2 heterocycles. The minimum absolute atomic E-state index is 0.00691. The van der Waals surface area contributed by atoms with Gasteiger partial charge in [-0.1, -0.05) is 6.07 Å². The van der Waals surface area contributed by atoms with Crippen molar-refractivity contribution in [1.82, 2.24) is 14.8 Å². The summed E-state index contributed by atoms with van der Waals surface area (Å²) >= 11 is 0. The van der Waals surface area contributed by atoms with Crippen LogP contribution in [0.4, 0.5) is 0 Å². The van der Waals surface area contributed by atoms with E-state index in [0.29, 0.717) is 0 Å². The van der Waals surface area contributed by atoms with Crippen molar-refractivity contribution in [3.63, 3.8) is 0 Å². The van der Waals surface area contributed by atoms with Gasteiger partial charge in [0.15, 0.2) is 5.82 Å². The number of hydrogen-bond acceptors (Lipinski definition) is 3. The van der Waals surface area contributed by atoms with Gasteiger partial charge in [0.1, 0.15) is 0 Å². The minimum atomic E-state index is 0.00691. The largest absolute Gasteiger partial charge is 0.324 e. The highest BCUT2D eigenvalue weighted by Crippen LogP contribution is 2.10. The zero-order chi connectivity index (χ0) is 9.97. The maximum absolute atomic E-state index is 5.73. The highest BCUT2D eigenvalue weighted by atomic mass is 15.3. The van der Waals surface area contributed by atoms with Crippen molar-refractivity contribution in [3.8, 4) is 5.82 Å². The molecule has 14 heavy (non-hydrogen) atoms. The van der Waals surface area contributed by atoms with E-state index in [2.05, 4.69) is 10.1 Å². The summed E-state index contributed by atoms with van der Waals surface area (Å²) in [6, 6.07) is 5.71. The third-order valence-corrected chi connectivity index (χ3v) is 2.01. The fourth-order valence-corrected chi connectivity index (χ4v) is 1.19. The number of nitrogens with two attached hydrogens (primary N) is 1. The van der Waals surface area contributed by atoms with Gasteiger partial charge >= 0.3 is 0 Å². The molecule has 2 aromatic rings. The smallest absolute Gasteiger partial charge is 0.153 e. The molecule has 2 aromatic heterocycles. The predicted molar refractivity (Wildman–Crippen MR) is 54.0 cm³/mol. The van der Waals surface area contributed by atoms with Crippen molar-refractivity contribution < 1.29 is 0 Å². The van der Waals surface area contributed by atoms with Crippen molar-refractivity contribution in [2.24, 2.45) is 5.73 Å². The third-order valence-electron chi connectivity index (χ3n) is 2.01. The van der Waals surface area contributed by atoms with E-state index >= 15 is 0 Å². The molecular formula is C10H12N4. The molecule has 4 nitrogen and oxygen atoms in total. The lowest BCUT2D eigenvalue weighted by Gasteiger charge is -1.99. The molecular weight excluding hydrogens is 176 g/mol. The molecule has 0 saturated carbocycles.